The number of carbonyl (C=O) groups is 1. The van der Waals surface area contributed by atoms with Crippen molar-refractivity contribution in [3.63, 3.8) is 0 Å². The number of rotatable bonds is 7. The maximum Gasteiger partial charge on any atom is 0.178 e. The van der Waals surface area contributed by atoms with Gasteiger partial charge in [0.05, 0.1) is 11.6 Å². The lowest BCUT2D eigenvalue weighted by Crippen LogP contribution is -2.29. The maximum atomic E-state index is 12.1. The van der Waals surface area contributed by atoms with E-state index >= 15 is 0 Å². The molecule has 0 radical (unpaired) electrons. The van der Waals surface area contributed by atoms with Gasteiger partial charge in [-0.25, -0.2) is 0 Å². The van der Waals surface area contributed by atoms with Gasteiger partial charge in [-0.2, -0.15) is 0 Å². The van der Waals surface area contributed by atoms with E-state index in [1.807, 2.05) is 26.0 Å². The van der Waals surface area contributed by atoms with E-state index in [0.717, 1.165) is 19.5 Å². The number of carbonyl (C=O) groups excluding carboxylic acids is 1. The van der Waals surface area contributed by atoms with Gasteiger partial charge in [0.1, 0.15) is 0 Å². The Kier molecular flexibility index (Phi) is 6.80. The average molecular weight is 303 g/mol. The second-order valence-corrected chi connectivity index (χ2v) is 5.79. The highest BCUT2D eigenvalue weighted by Gasteiger charge is 2.13. The lowest BCUT2D eigenvalue weighted by atomic mass is 10.1. The van der Waals surface area contributed by atoms with E-state index in [4.69, 9.17) is 23.2 Å². The molecule has 0 saturated heterocycles. The molecule has 0 aliphatic rings. The lowest BCUT2D eigenvalue weighted by molar-refractivity contribution is 0.0945. The number of halogens is 2. The summed E-state index contributed by atoms with van der Waals surface area (Å²) in [6.45, 7) is 2.24. The van der Waals surface area contributed by atoms with Gasteiger partial charge in [0, 0.05) is 10.6 Å². The summed E-state index contributed by atoms with van der Waals surface area (Å²) in [5, 5.41) is 0.985. The maximum absolute atomic E-state index is 12.1. The fourth-order valence-corrected chi connectivity index (χ4v) is 2.17. The molecule has 0 heterocycles. The molecule has 0 aromatic heterocycles. The lowest BCUT2D eigenvalue weighted by Gasteiger charge is -2.17. The number of nitrogens with zero attached hydrogens (tertiary/aromatic N) is 2. The Hall–Kier alpha value is -0.610. The zero-order valence-electron chi connectivity index (χ0n) is 11.6. The van der Waals surface area contributed by atoms with Gasteiger partial charge in [-0.1, -0.05) is 23.2 Å². The van der Waals surface area contributed by atoms with Crippen molar-refractivity contribution in [1.82, 2.24) is 9.80 Å². The van der Waals surface area contributed by atoms with E-state index in [9.17, 15) is 4.79 Å². The summed E-state index contributed by atoms with van der Waals surface area (Å²) in [5.41, 5.74) is 0.494. The van der Waals surface area contributed by atoms with E-state index < -0.39 is 0 Å². The molecule has 0 aliphatic heterocycles. The highest BCUT2D eigenvalue weighted by molar-refractivity contribution is 6.36. The number of likely N-dealkylation sites (N-methyl/N-ethyl adjacent to an activating group) is 1. The summed E-state index contributed by atoms with van der Waals surface area (Å²) in [6.07, 6.45) is 1.03. The Morgan fingerprint density at radius 3 is 2.47 bits per heavy atom. The molecule has 0 N–H and O–H groups in total. The molecule has 19 heavy (non-hydrogen) atoms. The van der Waals surface area contributed by atoms with Crippen LogP contribution in [0.1, 0.15) is 16.8 Å². The first kappa shape index (κ1) is 16.4. The molecule has 0 atom stereocenters. The van der Waals surface area contributed by atoms with Gasteiger partial charge in [0.15, 0.2) is 5.78 Å². The molecule has 0 unspecified atom stereocenters. The van der Waals surface area contributed by atoms with E-state index in [2.05, 4.69) is 4.90 Å². The molecule has 0 spiro atoms. The number of hydrogen-bond donors (Lipinski definition) is 0. The topological polar surface area (TPSA) is 23.6 Å². The molecule has 3 nitrogen and oxygen atoms in total. The van der Waals surface area contributed by atoms with E-state index in [1.54, 1.807) is 18.2 Å². The molecule has 1 rings (SSSR count). The molecule has 0 fully saturated rings. The van der Waals surface area contributed by atoms with Crippen molar-refractivity contribution in [3.8, 4) is 0 Å². The van der Waals surface area contributed by atoms with Crippen molar-refractivity contribution in [1.29, 1.82) is 0 Å². The van der Waals surface area contributed by atoms with Crippen LogP contribution in [0.5, 0.6) is 0 Å². The quantitative estimate of drug-likeness (QED) is 0.723. The monoisotopic (exact) mass is 302 g/mol. The van der Waals surface area contributed by atoms with E-state index in [0.29, 0.717) is 22.2 Å². The minimum atomic E-state index is -0.000136. The van der Waals surface area contributed by atoms with Crippen LogP contribution in [-0.4, -0.2) is 56.4 Å². The second-order valence-electron chi connectivity index (χ2n) is 4.94. The Morgan fingerprint density at radius 2 is 1.84 bits per heavy atom. The molecule has 0 saturated carbocycles. The van der Waals surface area contributed by atoms with Crippen LogP contribution >= 0.6 is 23.2 Å². The zero-order valence-corrected chi connectivity index (χ0v) is 13.1. The Labute approximate surface area is 125 Å². The van der Waals surface area contributed by atoms with Crippen LogP contribution in [0.4, 0.5) is 0 Å². The summed E-state index contributed by atoms with van der Waals surface area (Å²) in [7, 11) is 6.01. The fraction of sp³-hybridized carbons (Fsp3) is 0.500. The minimum absolute atomic E-state index is 0.000136. The van der Waals surface area contributed by atoms with Gasteiger partial charge in [-0.3, -0.25) is 9.69 Å². The van der Waals surface area contributed by atoms with Gasteiger partial charge < -0.3 is 4.90 Å². The first-order chi connectivity index (χ1) is 8.90. The van der Waals surface area contributed by atoms with Crippen LogP contribution in [-0.2, 0) is 0 Å². The first-order valence-corrected chi connectivity index (χ1v) is 6.97. The van der Waals surface area contributed by atoms with Crippen molar-refractivity contribution >= 4 is 29.0 Å². The van der Waals surface area contributed by atoms with Crippen molar-refractivity contribution in [3.05, 3.63) is 33.8 Å². The van der Waals surface area contributed by atoms with Crippen LogP contribution < -0.4 is 0 Å². The highest BCUT2D eigenvalue weighted by Crippen LogP contribution is 2.21. The van der Waals surface area contributed by atoms with Crippen LogP contribution in [0.25, 0.3) is 0 Å². The standard InChI is InChI=1S/C14H20Cl2N2O/c1-17(2)7-4-8-18(3)10-14(19)12-9-11(15)5-6-13(12)16/h5-6,9H,4,7-8,10H2,1-3H3. The molecular formula is C14H20Cl2N2O. The number of benzene rings is 1. The summed E-state index contributed by atoms with van der Waals surface area (Å²) < 4.78 is 0. The van der Waals surface area contributed by atoms with Crippen LogP contribution in [0.15, 0.2) is 18.2 Å². The third-order valence-electron chi connectivity index (χ3n) is 2.79. The first-order valence-electron chi connectivity index (χ1n) is 6.21. The van der Waals surface area contributed by atoms with Crippen LogP contribution in [0, 0.1) is 0 Å². The Morgan fingerprint density at radius 1 is 1.16 bits per heavy atom. The predicted molar refractivity (Wildman–Crippen MR) is 81.5 cm³/mol. The summed E-state index contributed by atoms with van der Waals surface area (Å²) in [4.78, 5) is 16.3. The smallest absolute Gasteiger partial charge is 0.178 e. The van der Waals surface area contributed by atoms with Crippen molar-refractivity contribution in [2.24, 2.45) is 0 Å². The van der Waals surface area contributed by atoms with Crippen LogP contribution in [0.3, 0.4) is 0 Å². The molecule has 0 amide bonds. The molecular weight excluding hydrogens is 283 g/mol. The van der Waals surface area contributed by atoms with Crippen molar-refractivity contribution < 1.29 is 4.79 Å². The summed E-state index contributed by atoms with van der Waals surface area (Å²) in [6, 6.07) is 4.96. The molecule has 106 valence electrons. The van der Waals surface area contributed by atoms with Gasteiger partial charge >= 0.3 is 0 Å². The predicted octanol–water partition coefficient (Wildman–Crippen LogP) is 3.06. The van der Waals surface area contributed by atoms with E-state index in [1.165, 1.54) is 0 Å². The molecule has 1 aromatic rings. The fourth-order valence-electron chi connectivity index (χ4n) is 1.78. The van der Waals surface area contributed by atoms with Gasteiger partial charge in [-0.05, 0) is 58.9 Å². The number of Topliss-reactive ketones (excluding diaryl/α,β-unsaturated/α-hetero) is 1. The molecule has 0 bridgehead atoms. The van der Waals surface area contributed by atoms with Crippen molar-refractivity contribution in [2.45, 2.75) is 6.42 Å². The third kappa shape index (κ3) is 5.91. The third-order valence-corrected chi connectivity index (χ3v) is 3.35. The minimum Gasteiger partial charge on any atom is -0.309 e. The zero-order chi connectivity index (χ0) is 14.4. The Balaban J connectivity index is 2.52. The molecule has 1 aromatic carbocycles. The van der Waals surface area contributed by atoms with Gasteiger partial charge in [-0.15, -0.1) is 0 Å². The summed E-state index contributed by atoms with van der Waals surface area (Å²) in [5.74, 6) is -0.000136. The Bertz CT molecular complexity index is 435. The van der Waals surface area contributed by atoms with E-state index in [-0.39, 0.29) is 5.78 Å². The molecule has 5 heteroatoms. The van der Waals surface area contributed by atoms with Gasteiger partial charge in [0.25, 0.3) is 0 Å². The second kappa shape index (κ2) is 7.85. The van der Waals surface area contributed by atoms with Crippen molar-refractivity contribution in [2.75, 3.05) is 40.8 Å². The summed E-state index contributed by atoms with van der Waals surface area (Å²) >= 11 is 11.9. The average Bonchev–Trinajstić information content (AvgIpc) is 2.31. The SMILES string of the molecule is CN(C)CCCN(C)CC(=O)c1cc(Cl)ccc1Cl. The normalized spacial score (nSPS) is 11.3. The number of ketones is 1. The van der Waals surface area contributed by atoms with Crippen LogP contribution in [0.2, 0.25) is 10.0 Å². The highest BCUT2D eigenvalue weighted by atomic mass is 35.5. The number of hydrogen-bond acceptors (Lipinski definition) is 3. The largest absolute Gasteiger partial charge is 0.309 e. The van der Waals surface area contributed by atoms with Gasteiger partial charge in [0.2, 0.25) is 0 Å². The molecule has 0 aliphatic carbocycles.